The van der Waals surface area contributed by atoms with E-state index in [1.165, 1.54) is 18.2 Å². The molecule has 0 unspecified atom stereocenters. The van der Waals surface area contributed by atoms with Crippen molar-refractivity contribution < 1.29 is 23.5 Å². The highest BCUT2D eigenvalue weighted by Crippen LogP contribution is 2.25. The number of hydrogen-bond acceptors (Lipinski definition) is 4. The van der Waals surface area contributed by atoms with Gasteiger partial charge in [-0.3, -0.25) is 9.59 Å². The Hall–Kier alpha value is -1.43. The highest BCUT2D eigenvalue weighted by molar-refractivity contribution is 9.10. The Kier molecular flexibility index (Phi) is 7.22. The molecule has 1 aromatic carbocycles. The molecule has 0 aliphatic rings. The van der Waals surface area contributed by atoms with Crippen molar-refractivity contribution in [3.05, 3.63) is 28.5 Å². The molecule has 0 N–H and O–H groups in total. The molecular formula is C14H16BrFO4. The van der Waals surface area contributed by atoms with Crippen molar-refractivity contribution >= 4 is 27.9 Å². The summed E-state index contributed by atoms with van der Waals surface area (Å²) in [6.07, 6.45) is 1.60. The fraction of sp³-hybridized carbons (Fsp3) is 0.429. The lowest BCUT2D eigenvalue weighted by atomic mass is 10.2. The van der Waals surface area contributed by atoms with Crippen LogP contribution in [0.5, 0.6) is 5.75 Å². The molecule has 20 heavy (non-hydrogen) atoms. The molecule has 1 aromatic rings. The van der Waals surface area contributed by atoms with Gasteiger partial charge >= 0.3 is 11.9 Å². The predicted octanol–water partition coefficient (Wildman–Crippen LogP) is 3.62. The first-order valence-electron chi connectivity index (χ1n) is 6.34. The lowest BCUT2D eigenvalue weighted by molar-refractivity contribution is -0.143. The number of carbonyl (C=O) groups is 2. The number of rotatable bonds is 7. The topological polar surface area (TPSA) is 52.6 Å². The van der Waals surface area contributed by atoms with Crippen molar-refractivity contribution in [2.24, 2.45) is 0 Å². The molecule has 6 heteroatoms. The third kappa shape index (κ3) is 6.14. The number of carbonyl (C=O) groups excluding carboxylic acids is 2. The molecule has 0 fully saturated rings. The molecule has 0 heterocycles. The van der Waals surface area contributed by atoms with E-state index in [4.69, 9.17) is 9.47 Å². The first-order chi connectivity index (χ1) is 9.52. The average Bonchev–Trinajstić information content (AvgIpc) is 2.38. The summed E-state index contributed by atoms with van der Waals surface area (Å²) in [7, 11) is 0. The van der Waals surface area contributed by atoms with Crippen molar-refractivity contribution in [3.8, 4) is 5.75 Å². The summed E-state index contributed by atoms with van der Waals surface area (Å²) in [4.78, 5) is 22.6. The van der Waals surface area contributed by atoms with E-state index in [0.717, 1.165) is 0 Å². The largest absolute Gasteiger partial charge is 0.466 e. The quantitative estimate of drug-likeness (QED) is 0.430. The molecule has 0 saturated carbocycles. The zero-order chi connectivity index (χ0) is 15.0. The van der Waals surface area contributed by atoms with Crippen LogP contribution < -0.4 is 4.74 Å². The molecule has 0 spiro atoms. The molecule has 0 bridgehead atoms. The number of benzene rings is 1. The first kappa shape index (κ1) is 16.6. The minimum absolute atomic E-state index is 0.198. The number of hydrogen-bond donors (Lipinski definition) is 0. The number of esters is 2. The fourth-order valence-electron chi connectivity index (χ4n) is 1.50. The summed E-state index contributed by atoms with van der Waals surface area (Å²) in [5.74, 6) is -0.809. The third-order valence-electron chi connectivity index (χ3n) is 2.43. The molecule has 0 aromatic heterocycles. The maximum atomic E-state index is 12.9. The first-order valence-corrected chi connectivity index (χ1v) is 7.13. The number of ether oxygens (including phenoxy) is 2. The van der Waals surface area contributed by atoms with Crippen LogP contribution in [0.15, 0.2) is 22.7 Å². The van der Waals surface area contributed by atoms with E-state index >= 15 is 0 Å². The maximum absolute atomic E-state index is 12.9. The Bertz CT molecular complexity index is 476. The van der Waals surface area contributed by atoms with Gasteiger partial charge in [0.25, 0.3) is 0 Å². The van der Waals surface area contributed by atoms with E-state index < -0.39 is 11.8 Å². The average molecular weight is 347 g/mol. The van der Waals surface area contributed by atoms with E-state index in [-0.39, 0.29) is 18.1 Å². The van der Waals surface area contributed by atoms with Crippen molar-refractivity contribution in [2.75, 3.05) is 6.61 Å². The Morgan fingerprint density at radius 3 is 2.45 bits per heavy atom. The van der Waals surface area contributed by atoms with Gasteiger partial charge in [-0.15, -0.1) is 0 Å². The Morgan fingerprint density at radius 1 is 1.20 bits per heavy atom. The van der Waals surface area contributed by atoms with Gasteiger partial charge in [0.05, 0.1) is 11.1 Å². The van der Waals surface area contributed by atoms with E-state index in [1.54, 1.807) is 6.92 Å². The fourth-order valence-corrected chi connectivity index (χ4v) is 1.94. The highest BCUT2D eigenvalue weighted by atomic mass is 79.9. The van der Waals surface area contributed by atoms with Gasteiger partial charge < -0.3 is 9.47 Å². The summed E-state index contributed by atoms with van der Waals surface area (Å²) in [5.41, 5.74) is 0. The molecule has 1 rings (SSSR count). The van der Waals surface area contributed by atoms with Crippen LogP contribution in [0.4, 0.5) is 4.39 Å². The summed E-state index contributed by atoms with van der Waals surface area (Å²) >= 11 is 3.12. The van der Waals surface area contributed by atoms with Gasteiger partial charge in [-0.2, -0.15) is 0 Å². The van der Waals surface area contributed by atoms with Gasteiger partial charge in [-0.1, -0.05) is 0 Å². The molecule has 0 radical (unpaired) electrons. The van der Waals surface area contributed by atoms with Gasteiger partial charge in [0.2, 0.25) is 0 Å². The Labute approximate surface area is 125 Å². The normalized spacial score (nSPS) is 10.2. The van der Waals surface area contributed by atoms with Crippen LogP contribution in [0.2, 0.25) is 0 Å². The van der Waals surface area contributed by atoms with E-state index in [1.807, 2.05) is 0 Å². The highest BCUT2D eigenvalue weighted by Gasteiger charge is 2.09. The summed E-state index contributed by atoms with van der Waals surface area (Å²) in [6.45, 7) is 2.11. The van der Waals surface area contributed by atoms with Crippen LogP contribution in [0.3, 0.4) is 0 Å². The lowest BCUT2D eigenvalue weighted by Crippen LogP contribution is -2.09. The molecular weight excluding hydrogens is 331 g/mol. The van der Waals surface area contributed by atoms with Crippen LogP contribution in [0.1, 0.15) is 32.6 Å². The molecule has 110 valence electrons. The van der Waals surface area contributed by atoms with E-state index in [0.29, 0.717) is 30.3 Å². The van der Waals surface area contributed by atoms with Crippen LogP contribution in [-0.4, -0.2) is 18.5 Å². The summed E-state index contributed by atoms with van der Waals surface area (Å²) in [5, 5.41) is 0. The van der Waals surface area contributed by atoms with Gasteiger partial charge in [0, 0.05) is 12.8 Å². The minimum atomic E-state index is -0.416. The lowest BCUT2D eigenvalue weighted by Gasteiger charge is -2.06. The van der Waals surface area contributed by atoms with Crippen LogP contribution >= 0.6 is 15.9 Å². The summed E-state index contributed by atoms with van der Waals surface area (Å²) < 4.78 is 23.1. The van der Waals surface area contributed by atoms with Crippen molar-refractivity contribution in [2.45, 2.75) is 32.6 Å². The van der Waals surface area contributed by atoms with Crippen LogP contribution in [-0.2, 0) is 14.3 Å². The smallest absolute Gasteiger partial charge is 0.311 e. The van der Waals surface area contributed by atoms with E-state index in [2.05, 4.69) is 15.9 Å². The second kappa shape index (κ2) is 8.68. The predicted molar refractivity (Wildman–Crippen MR) is 74.8 cm³/mol. The molecule has 0 atom stereocenters. The SMILES string of the molecule is CCOC(=O)CCCCC(=O)Oc1ccc(F)cc1Br. The van der Waals surface area contributed by atoms with Gasteiger partial charge in [-0.25, -0.2) is 4.39 Å². The second-order valence-corrected chi connectivity index (χ2v) is 4.92. The zero-order valence-electron chi connectivity index (χ0n) is 11.2. The monoisotopic (exact) mass is 346 g/mol. The van der Waals surface area contributed by atoms with Crippen LogP contribution in [0, 0.1) is 5.82 Å². The van der Waals surface area contributed by atoms with Gasteiger partial charge in [0.1, 0.15) is 11.6 Å². The molecule has 0 amide bonds. The number of halogens is 2. The van der Waals surface area contributed by atoms with E-state index in [9.17, 15) is 14.0 Å². The third-order valence-corrected chi connectivity index (χ3v) is 3.05. The summed E-state index contributed by atoms with van der Waals surface area (Å²) in [6, 6.07) is 3.83. The molecule has 0 aliphatic carbocycles. The molecule has 0 aliphatic heterocycles. The second-order valence-electron chi connectivity index (χ2n) is 4.06. The maximum Gasteiger partial charge on any atom is 0.311 e. The van der Waals surface area contributed by atoms with Gasteiger partial charge in [-0.05, 0) is 53.9 Å². The molecule has 0 saturated heterocycles. The zero-order valence-corrected chi connectivity index (χ0v) is 12.7. The van der Waals surface area contributed by atoms with Crippen LogP contribution in [0.25, 0.3) is 0 Å². The standard InChI is InChI=1S/C14H16BrFO4/c1-2-19-13(17)5-3-4-6-14(18)20-12-8-7-10(16)9-11(12)15/h7-9H,2-6H2,1H3. The van der Waals surface area contributed by atoms with Crippen molar-refractivity contribution in [1.82, 2.24) is 0 Å². The Balaban J connectivity index is 2.28. The van der Waals surface area contributed by atoms with Crippen molar-refractivity contribution in [1.29, 1.82) is 0 Å². The Morgan fingerprint density at radius 2 is 1.85 bits per heavy atom. The molecule has 4 nitrogen and oxygen atoms in total. The van der Waals surface area contributed by atoms with Crippen molar-refractivity contribution in [3.63, 3.8) is 0 Å². The minimum Gasteiger partial charge on any atom is -0.466 e. The van der Waals surface area contributed by atoms with Gasteiger partial charge in [0.15, 0.2) is 0 Å². The number of unbranched alkanes of at least 4 members (excludes halogenated alkanes) is 1.